The number of carbonyl (C=O) groups excluding carboxylic acids is 1. The molecule has 1 aliphatic rings. The molecule has 0 spiro atoms. The van der Waals surface area contributed by atoms with Crippen molar-refractivity contribution in [3.8, 4) is 0 Å². The molecule has 124 valence electrons. The first-order valence-electron chi connectivity index (χ1n) is 8.29. The first kappa shape index (κ1) is 16.0. The summed E-state index contributed by atoms with van der Waals surface area (Å²) in [6, 6.07) is 3.83. The van der Waals surface area contributed by atoms with Crippen LogP contribution < -0.4 is 0 Å². The van der Waals surface area contributed by atoms with E-state index in [1.165, 1.54) is 0 Å². The minimum absolute atomic E-state index is 0.0577. The van der Waals surface area contributed by atoms with Crippen LogP contribution in [0, 0.1) is 12.8 Å². The first-order chi connectivity index (χ1) is 10.8. The zero-order chi connectivity index (χ0) is 16.6. The Morgan fingerprint density at radius 2 is 2.13 bits per heavy atom. The molecule has 0 saturated carbocycles. The third-order valence-electron chi connectivity index (χ3n) is 4.65. The average Bonchev–Trinajstić information content (AvgIpc) is 2.91. The smallest absolute Gasteiger partial charge is 0.270 e. The molecule has 2 N–H and O–H groups in total. The minimum Gasteiger partial charge on any atom is -0.390 e. The summed E-state index contributed by atoms with van der Waals surface area (Å²) in [5, 5.41) is 11.0. The second-order valence-corrected chi connectivity index (χ2v) is 7.30. The van der Waals surface area contributed by atoms with Crippen molar-refractivity contribution < 1.29 is 9.90 Å². The van der Waals surface area contributed by atoms with Crippen LogP contribution in [0.15, 0.2) is 18.3 Å². The average molecular weight is 315 g/mol. The van der Waals surface area contributed by atoms with E-state index in [-0.39, 0.29) is 5.91 Å². The summed E-state index contributed by atoms with van der Waals surface area (Å²) >= 11 is 0. The van der Waals surface area contributed by atoms with E-state index in [1.807, 2.05) is 37.8 Å². The highest BCUT2D eigenvalue weighted by Crippen LogP contribution is 2.27. The summed E-state index contributed by atoms with van der Waals surface area (Å²) in [5.41, 5.74) is 1.86. The highest BCUT2D eigenvalue weighted by atomic mass is 16.3. The van der Waals surface area contributed by atoms with Gasteiger partial charge in [0.1, 0.15) is 5.69 Å². The maximum Gasteiger partial charge on any atom is 0.270 e. The van der Waals surface area contributed by atoms with Gasteiger partial charge >= 0.3 is 0 Å². The molecule has 1 saturated heterocycles. The van der Waals surface area contributed by atoms with Crippen LogP contribution in [0.4, 0.5) is 0 Å². The highest BCUT2D eigenvalue weighted by molar-refractivity contribution is 5.98. The number of amides is 1. The molecule has 0 aliphatic carbocycles. The van der Waals surface area contributed by atoms with E-state index in [9.17, 15) is 9.90 Å². The molecular weight excluding hydrogens is 290 g/mol. The number of aryl methyl sites for hydroxylation is 1. The van der Waals surface area contributed by atoms with Gasteiger partial charge in [0.2, 0.25) is 0 Å². The van der Waals surface area contributed by atoms with Crippen LogP contribution in [-0.2, 0) is 0 Å². The lowest BCUT2D eigenvalue weighted by molar-refractivity contribution is 0.0357. The van der Waals surface area contributed by atoms with Gasteiger partial charge in [-0.2, -0.15) is 0 Å². The van der Waals surface area contributed by atoms with Crippen LogP contribution in [0.1, 0.15) is 49.3 Å². The third kappa shape index (κ3) is 3.55. The molecular formula is C18H25N3O2. The van der Waals surface area contributed by atoms with Crippen LogP contribution >= 0.6 is 0 Å². The molecule has 0 unspecified atom stereocenters. The Hall–Kier alpha value is -1.88. The number of hydrogen-bond acceptors (Lipinski definition) is 3. The predicted octanol–water partition coefficient (Wildman–Crippen LogP) is 2.88. The van der Waals surface area contributed by atoms with Crippen molar-refractivity contribution in [3.63, 3.8) is 0 Å². The number of aliphatic hydroxyl groups is 1. The number of aromatic nitrogens is 2. The van der Waals surface area contributed by atoms with Crippen molar-refractivity contribution in [2.45, 2.75) is 45.6 Å². The van der Waals surface area contributed by atoms with Gasteiger partial charge in [-0.15, -0.1) is 0 Å². The van der Waals surface area contributed by atoms with E-state index in [0.717, 1.165) is 48.9 Å². The molecule has 2 aromatic heterocycles. The van der Waals surface area contributed by atoms with E-state index < -0.39 is 5.60 Å². The fraction of sp³-hybridized carbons (Fsp3) is 0.556. The summed E-state index contributed by atoms with van der Waals surface area (Å²) in [7, 11) is 0. The lowest BCUT2D eigenvalue weighted by atomic mass is 9.86. The fourth-order valence-corrected chi connectivity index (χ4v) is 3.53. The van der Waals surface area contributed by atoms with Crippen molar-refractivity contribution in [3.05, 3.63) is 29.7 Å². The monoisotopic (exact) mass is 315 g/mol. The molecule has 0 atom stereocenters. The van der Waals surface area contributed by atoms with E-state index >= 15 is 0 Å². The Labute approximate surface area is 136 Å². The number of carbonyl (C=O) groups is 1. The molecule has 3 heterocycles. The van der Waals surface area contributed by atoms with Crippen LogP contribution in [0.3, 0.4) is 0 Å². The van der Waals surface area contributed by atoms with Crippen molar-refractivity contribution >= 4 is 16.8 Å². The number of nitrogens with zero attached hydrogens (tertiary/aromatic N) is 2. The molecule has 1 fully saturated rings. The van der Waals surface area contributed by atoms with Gasteiger partial charge < -0.3 is 15.0 Å². The van der Waals surface area contributed by atoms with Crippen LogP contribution in [0.5, 0.6) is 0 Å². The lowest BCUT2D eigenvalue weighted by Crippen LogP contribution is -2.40. The third-order valence-corrected chi connectivity index (χ3v) is 4.65. The number of likely N-dealkylation sites (tertiary alicyclic amines) is 1. The van der Waals surface area contributed by atoms with Gasteiger partial charge in [0.15, 0.2) is 0 Å². The molecule has 5 nitrogen and oxygen atoms in total. The summed E-state index contributed by atoms with van der Waals surface area (Å²) in [6.45, 7) is 7.16. The highest BCUT2D eigenvalue weighted by Gasteiger charge is 2.28. The maximum absolute atomic E-state index is 12.7. The Morgan fingerprint density at radius 3 is 2.74 bits per heavy atom. The number of hydrogen-bond donors (Lipinski definition) is 2. The van der Waals surface area contributed by atoms with Gasteiger partial charge in [0.25, 0.3) is 5.91 Å². The number of nitrogens with one attached hydrogen (secondary N) is 1. The molecule has 1 aliphatic heterocycles. The summed E-state index contributed by atoms with van der Waals surface area (Å²) in [4.78, 5) is 22.1. The topological polar surface area (TPSA) is 69.2 Å². The number of rotatable bonds is 3. The second kappa shape index (κ2) is 5.96. The first-order valence-corrected chi connectivity index (χ1v) is 8.29. The van der Waals surface area contributed by atoms with E-state index in [1.54, 1.807) is 6.20 Å². The van der Waals surface area contributed by atoms with Gasteiger partial charge in [-0.25, -0.2) is 0 Å². The zero-order valence-corrected chi connectivity index (χ0v) is 14.1. The van der Waals surface area contributed by atoms with Crippen LogP contribution in [0.25, 0.3) is 10.9 Å². The predicted molar refractivity (Wildman–Crippen MR) is 90.4 cm³/mol. The van der Waals surface area contributed by atoms with Gasteiger partial charge in [0.05, 0.1) is 16.8 Å². The van der Waals surface area contributed by atoms with E-state index in [0.29, 0.717) is 11.6 Å². The molecule has 23 heavy (non-hydrogen) atoms. The normalized spacial score (nSPS) is 17.0. The fourth-order valence-electron chi connectivity index (χ4n) is 3.53. The van der Waals surface area contributed by atoms with E-state index in [2.05, 4.69) is 9.97 Å². The summed E-state index contributed by atoms with van der Waals surface area (Å²) in [5.74, 6) is 0.551. The SMILES string of the molecule is Cc1nccc2cc(C(=O)N3CCC(CC(C)(C)O)CC3)[nH]c12. The molecule has 1 amide bonds. The van der Waals surface area contributed by atoms with Crippen molar-refractivity contribution in [1.82, 2.24) is 14.9 Å². The number of aromatic amines is 1. The van der Waals surface area contributed by atoms with Gasteiger partial charge in [-0.05, 0) is 58.1 Å². The van der Waals surface area contributed by atoms with Gasteiger partial charge in [0, 0.05) is 24.7 Å². The Balaban J connectivity index is 1.68. The molecule has 0 aromatic carbocycles. The Bertz CT molecular complexity index is 707. The number of piperidine rings is 1. The maximum atomic E-state index is 12.7. The van der Waals surface area contributed by atoms with Gasteiger partial charge in [-0.1, -0.05) is 0 Å². The number of fused-ring (bicyclic) bond motifs is 1. The van der Waals surface area contributed by atoms with E-state index in [4.69, 9.17) is 0 Å². The number of H-pyrrole nitrogens is 1. The standard InChI is InChI=1S/C18H25N3O2/c1-12-16-14(4-7-19-12)10-15(20-16)17(22)21-8-5-13(6-9-21)11-18(2,3)23/h4,7,10,13,20,23H,5-6,8-9,11H2,1-3H3. The van der Waals surface area contributed by atoms with Gasteiger partial charge in [-0.3, -0.25) is 9.78 Å². The van der Waals surface area contributed by atoms with Crippen molar-refractivity contribution in [2.24, 2.45) is 5.92 Å². The molecule has 0 bridgehead atoms. The molecule has 3 rings (SSSR count). The summed E-state index contributed by atoms with van der Waals surface area (Å²) < 4.78 is 0. The van der Waals surface area contributed by atoms with Crippen molar-refractivity contribution in [1.29, 1.82) is 0 Å². The second-order valence-electron chi connectivity index (χ2n) is 7.30. The minimum atomic E-state index is -0.626. The van der Waals surface area contributed by atoms with Crippen LogP contribution in [-0.4, -0.2) is 44.6 Å². The largest absolute Gasteiger partial charge is 0.390 e. The lowest BCUT2D eigenvalue weighted by Gasteiger charge is -2.34. The Kier molecular flexibility index (Phi) is 4.15. The quantitative estimate of drug-likeness (QED) is 0.915. The van der Waals surface area contributed by atoms with Crippen molar-refractivity contribution in [2.75, 3.05) is 13.1 Å². The summed E-state index contributed by atoms with van der Waals surface area (Å²) in [6.07, 6.45) is 4.47. The Morgan fingerprint density at radius 1 is 1.43 bits per heavy atom. The molecule has 0 radical (unpaired) electrons. The number of pyridine rings is 1. The van der Waals surface area contributed by atoms with Crippen LogP contribution in [0.2, 0.25) is 0 Å². The molecule has 5 heteroatoms. The zero-order valence-electron chi connectivity index (χ0n) is 14.1. The molecule has 2 aromatic rings.